The zero-order chi connectivity index (χ0) is 22.1. The number of fused-ring (bicyclic) bond motifs is 1. The van der Waals surface area contributed by atoms with Crippen LogP contribution in [-0.2, 0) is 11.3 Å². The van der Waals surface area contributed by atoms with E-state index in [1.165, 1.54) is 4.68 Å². The van der Waals surface area contributed by atoms with Gasteiger partial charge in [-0.2, -0.15) is 9.78 Å². The van der Waals surface area contributed by atoms with Crippen molar-refractivity contribution in [1.29, 1.82) is 0 Å². The molecule has 3 heterocycles. The van der Waals surface area contributed by atoms with Crippen LogP contribution in [0.2, 0.25) is 0 Å². The molecule has 0 bridgehead atoms. The van der Waals surface area contributed by atoms with E-state index in [-0.39, 0.29) is 18.0 Å². The zero-order valence-corrected chi connectivity index (χ0v) is 17.6. The van der Waals surface area contributed by atoms with Gasteiger partial charge < -0.3 is 9.80 Å². The van der Waals surface area contributed by atoms with Gasteiger partial charge in [0.15, 0.2) is 0 Å². The van der Waals surface area contributed by atoms with Crippen LogP contribution in [0.3, 0.4) is 0 Å². The molecule has 1 aliphatic heterocycles. The monoisotopic (exact) mass is 430 g/mol. The third-order valence-corrected chi connectivity index (χ3v) is 5.71. The van der Waals surface area contributed by atoms with Gasteiger partial charge in [0.25, 0.3) is 5.56 Å². The van der Waals surface area contributed by atoms with Crippen LogP contribution in [0.15, 0.2) is 59.4 Å². The van der Waals surface area contributed by atoms with Gasteiger partial charge in [-0.15, -0.1) is 0 Å². The van der Waals surface area contributed by atoms with Crippen LogP contribution in [0.4, 0.5) is 5.95 Å². The Bertz CT molecular complexity index is 1320. The molecule has 1 aliphatic rings. The minimum absolute atomic E-state index is 0.0771. The number of carbonyl (C=O) groups excluding carboxylic acids is 1. The molecule has 0 radical (unpaired) electrons. The molecule has 4 aromatic rings. The van der Waals surface area contributed by atoms with Gasteiger partial charge in [-0.05, 0) is 35.5 Å². The van der Waals surface area contributed by atoms with Crippen LogP contribution in [0.1, 0.15) is 5.69 Å². The van der Waals surface area contributed by atoms with E-state index < -0.39 is 0 Å². The minimum Gasteiger partial charge on any atom is -0.338 e. The number of tetrazole rings is 1. The fraction of sp³-hybridized carbons (Fsp3) is 0.273. The average Bonchev–Trinajstić information content (AvgIpc) is 3.33. The molecule has 0 saturated carbocycles. The first-order chi connectivity index (χ1) is 15.6. The first kappa shape index (κ1) is 19.9. The number of aromatic nitrogens is 6. The highest BCUT2D eigenvalue weighted by Gasteiger charge is 2.25. The third kappa shape index (κ3) is 3.59. The maximum Gasteiger partial charge on any atom is 0.275 e. The van der Waals surface area contributed by atoms with Gasteiger partial charge in [-0.3, -0.25) is 9.59 Å². The van der Waals surface area contributed by atoms with Crippen LogP contribution < -0.4 is 10.5 Å². The van der Waals surface area contributed by atoms with Gasteiger partial charge >= 0.3 is 0 Å². The molecule has 5 rings (SSSR count). The van der Waals surface area contributed by atoms with Crippen molar-refractivity contribution >= 4 is 22.6 Å². The van der Waals surface area contributed by atoms with Crippen LogP contribution in [0.5, 0.6) is 0 Å². The molecule has 32 heavy (non-hydrogen) atoms. The SMILES string of the molecule is Cc1nn(CC(=O)N2CCN(c3nnnn3-c3ccccc3)CC2)c(=O)c2ccccc12. The summed E-state index contributed by atoms with van der Waals surface area (Å²) < 4.78 is 2.96. The Balaban J connectivity index is 1.28. The molecule has 10 heteroatoms. The van der Waals surface area contributed by atoms with E-state index >= 15 is 0 Å². The van der Waals surface area contributed by atoms with Crippen molar-refractivity contribution in [3.63, 3.8) is 0 Å². The molecule has 2 aromatic heterocycles. The lowest BCUT2D eigenvalue weighted by atomic mass is 10.1. The zero-order valence-electron chi connectivity index (χ0n) is 17.6. The van der Waals surface area contributed by atoms with Crippen LogP contribution in [0, 0.1) is 6.92 Å². The largest absolute Gasteiger partial charge is 0.338 e. The highest BCUT2D eigenvalue weighted by molar-refractivity contribution is 5.83. The van der Waals surface area contributed by atoms with Gasteiger partial charge in [-0.1, -0.05) is 41.5 Å². The molecule has 1 amide bonds. The molecule has 1 saturated heterocycles. The van der Waals surface area contributed by atoms with Gasteiger partial charge in [-0.25, -0.2) is 4.68 Å². The highest BCUT2D eigenvalue weighted by Crippen LogP contribution is 2.17. The summed E-state index contributed by atoms with van der Waals surface area (Å²) in [5, 5.41) is 17.8. The molecule has 0 atom stereocenters. The fourth-order valence-corrected chi connectivity index (χ4v) is 4.01. The molecular formula is C22H22N8O2. The number of anilines is 1. The summed E-state index contributed by atoms with van der Waals surface area (Å²) in [7, 11) is 0. The number of amides is 1. The molecular weight excluding hydrogens is 408 g/mol. The molecule has 0 N–H and O–H groups in total. The summed E-state index contributed by atoms with van der Waals surface area (Å²) in [4.78, 5) is 29.5. The van der Waals surface area contributed by atoms with Gasteiger partial charge in [0.2, 0.25) is 11.9 Å². The topological polar surface area (TPSA) is 102 Å². The first-order valence-corrected chi connectivity index (χ1v) is 10.4. The standard InChI is InChI=1S/C22H22N8O2/c1-16-18-9-5-6-10-19(18)21(32)29(24-16)15-20(31)27-11-13-28(14-12-27)22-23-25-26-30(22)17-7-3-2-4-8-17/h2-10H,11-15H2,1H3. The molecule has 1 fully saturated rings. The smallest absolute Gasteiger partial charge is 0.275 e. The molecule has 2 aromatic carbocycles. The number of para-hydroxylation sites is 1. The van der Waals surface area contributed by atoms with E-state index in [1.54, 1.807) is 15.6 Å². The maximum absolute atomic E-state index is 12.9. The normalized spacial score (nSPS) is 14.2. The summed E-state index contributed by atoms with van der Waals surface area (Å²) in [5.74, 6) is 0.517. The van der Waals surface area contributed by atoms with Crippen molar-refractivity contribution in [2.24, 2.45) is 0 Å². The number of piperazine rings is 1. The lowest BCUT2D eigenvalue weighted by molar-refractivity contribution is -0.132. The third-order valence-electron chi connectivity index (χ3n) is 5.71. The summed E-state index contributed by atoms with van der Waals surface area (Å²) in [6.07, 6.45) is 0. The van der Waals surface area contributed by atoms with E-state index in [9.17, 15) is 9.59 Å². The summed E-state index contributed by atoms with van der Waals surface area (Å²) in [5.41, 5.74) is 1.36. The number of carbonyl (C=O) groups is 1. The highest BCUT2D eigenvalue weighted by atomic mass is 16.2. The Morgan fingerprint density at radius 1 is 0.938 bits per heavy atom. The lowest BCUT2D eigenvalue weighted by Gasteiger charge is -2.34. The Morgan fingerprint density at radius 2 is 1.62 bits per heavy atom. The number of rotatable bonds is 4. The van der Waals surface area contributed by atoms with E-state index in [0.717, 1.165) is 16.8 Å². The van der Waals surface area contributed by atoms with Crippen molar-refractivity contribution in [2.45, 2.75) is 13.5 Å². The van der Waals surface area contributed by atoms with Gasteiger partial charge in [0.05, 0.1) is 16.8 Å². The molecule has 162 valence electrons. The van der Waals surface area contributed by atoms with E-state index in [1.807, 2.05) is 55.5 Å². The number of nitrogens with zero attached hydrogens (tertiary/aromatic N) is 8. The molecule has 0 unspecified atom stereocenters. The van der Waals surface area contributed by atoms with E-state index in [2.05, 4.69) is 25.5 Å². The summed E-state index contributed by atoms with van der Waals surface area (Å²) in [6, 6.07) is 17.0. The first-order valence-electron chi connectivity index (χ1n) is 10.4. The Morgan fingerprint density at radius 3 is 2.38 bits per heavy atom. The van der Waals surface area contributed by atoms with Gasteiger partial charge in [0, 0.05) is 31.6 Å². The number of hydrogen-bond acceptors (Lipinski definition) is 7. The second-order valence-electron chi connectivity index (χ2n) is 7.69. The minimum atomic E-state index is -0.250. The Hall–Kier alpha value is -4.08. The number of aryl methyl sites for hydroxylation is 1. The quantitative estimate of drug-likeness (QED) is 0.476. The van der Waals surface area contributed by atoms with Crippen molar-refractivity contribution in [1.82, 2.24) is 34.9 Å². The number of hydrogen-bond donors (Lipinski definition) is 0. The van der Waals surface area contributed by atoms with Crippen molar-refractivity contribution in [3.05, 3.63) is 70.6 Å². The molecule has 10 nitrogen and oxygen atoms in total. The second-order valence-corrected chi connectivity index (χ2v) is 7.69. The summed E-state index contributed by atoms with van der Waals surface area (Å²) in [6.45, 7) is 3.99. The Kier molecular flexibility index (Phi) is 5.10. The van der Waals surface area contributed by atoms with Crippen molar-refractivity contribution < 1.29 is 4.79 Å². The average molecular weight is 430 g/mol. The lowest BCUT2D eigenvalue weighted by Crippen LogP contribution is -2.50. The van der Waals surface area contributed by atoms with Gasteiger partial charge in [0.1, 0.15) is 6.54 Å². The van der Waals surface area contributed by atoms with E-state index in [0.29, 0.717) is 37.5 Å². The van der Waals surface area contributed by atoms with Crippen LogP contribution >= 0.6 is 0 Å². The Labute approximate surface area is 183 Å². The molecule has 0 spiro atoms. The predicted molar refractivity (Wildman–Crippen MR) is 119 cm³/mol. The number of benzene rings is 2. The van der Waals surface area contributed by atoms with Crippen molar-refractivity contribution in [2.75, 3.05) is 31.1 Å². The fourth-order valence-electron chi connectivity index (χ4n) is 4.01. The van der Waals surface area contributed by atoms with Crippen LogP contribution in [0.25, 0.3) is 16.5 Å². The maximum atomic E-state index is 12.9. The van der Waals surface area contributed by atoms with E-state index in [4.69, 9.17) is 0 Å². The summed E-state index contributed by atoms with van der Waals surface area (Å²) >= 11 is 0. The second kappa shape index (κ2) is 8.22. The van der Waals surface area contributed by atoms with Crippen molar-refractivity contribution in [3.8, 4) is 5.69 Å². The molecule has 0 aliphatic carbocycles. The predicted octanol–water partition coefficient (Wildman–Crippen LogP) is 1.03. The van der Waals surface area contributed by atoms with Crippen LogP contribution in [-0.4, -0.2) is 67.0 Å².